The number of nitrogens with zero attached hydrogens (tertiary/aromatic N) is 3. The zero-order chi connectivity index (χ0) is 18.3. The van der Waals surface area contributed by atoms with Gasteiger partial charge in [0.1, 0.15) is 11.4 Å². The minimum absolute atomic E-state index is 0.00600. The smallest absolute Gasteiger partial charge is 0.263 e. The van der Waals surface area contributed by atoms with Crippen LogP contribution in [0.4, 0.5) is 0 Å². The maximum absolute atomic E-state index is 13.1. The molecule has 0 aliphatic carbocycles. The van der Waals surface area contributed by atoms with Crippen LogP contribution in [0.5, 0.6) is 0 Å². The summed E-state index contributed by atoms with van der Waals surface area (Å²) in [4.78, 5) is 33.6. The third-order valence-corrected chi connectivity index (χ3v) is 6.48. The lowest BCUT2D eigenvalue weighted by atomic mass is 10.0. The Morgan fingerprint density at radius 3 is 2.62 bits per heavy atom. The molecule has 5 nitrogen and oxygen atoms in total. The van der Waals surface area contributed by atoms with Crippen LogP contribution in [-0.2, 0) is 11.3 Å². The fourth-order valence-corrected chi connectivity index (χ4v) is 4.79. The SMILES string of the molecule is Cc1sc2ncn(CC(=O)N3CCCC3)c(=O)c2c1-c1ccc(I)cc1. The zero-order valence-electron chi connectivity index (χ0n) is 14.4. The van der Waals surface area contributed by atoms with Gasteiger partial charge in [0.05, 0.1) is 11.7 Å². The van der Waals surface area contributed by atoms with Crippen molar-refractivity contribution in [3.8, 4) is 11.1 Å². The first kappa shape index (κ1) is 17.7. The molecule has 0 N–H and O–H groups in total. The van der Waals surface area contributed by atoms with Gasteiger partial charge in [-0.2, -0.15) is 0 Å². The number of likely N-dealkylation sites (tertiary alicyclic amines) is 1. The molecule has 3 heterocycles. The van der Waals surface area contributed by atoms with Crippen molar-refractivity contribution in [2.45, 2.75) is 26.3 Å². The summed E-state index contributed by atoms with van der Waals surface area (Å²) in [5.41, 5.74) is 1.80. The molecular weight excluding hydrogens is 461 g/mol. The first-order chi connectivity index (χ1) is 12.5. The van der Waals surface area contributed by atoms with Gasteiger partial charge in [0, 0.05) is 27.1 Å². The number of hydrogen-bond donors (Lipinski definition) is 0. The van der Waals surface area contributed by atoms with Gasteiger partial charge in [-0.3, -0.25) is 14.2 Å². The van der Waals surface area contributed by atoms with E-state index in [0.29, 0.717) is 5.39 Å². The van der Waals surface area contributed by atoms with Gasteiger partial charge in [-0.1, -0.05) is 12.1 Å². The predicted molar refractivity (Wildman–Crippen MR) is 113 cm³/mol. The summed E-state index contributed by atoms with van der Waals surface area (Å²) >= 11 is 3.79. The van der Waals surface area contributed by atoms with Crippen LogP contribution in [0, 0.1) is 10.5 Å². The summed E-state index contributed by atoms with van der Waals surface area (Å²) < 4.78 is 2.60. The lowest BCUT2D eigenvalue weighted by Crippen LogP contribution is -2.34. The van der Waals surface area contributed by atoms with Gasteiger partial charge in [0.15, 0.2) is 0 Å². The molecule has 1 fully saturated rings. The third kappa shape index (κ3) is 3.18. The van der Waals surface area contributed by atoms with E-state index in [1.54, 1.807) is 0 Å². The maximum atomic E-state index is 13.1. The molecule has 26 heavy (non-hydrogen) atoms. The molecular formula is C19H18IN3O2S. The van der Waals surface area contributed by atoms with E-state index >= 15 is 0 Å². The maximum Gasteiger partial charge on any atom is 0.263 e. The van der Waals surface area contributed by atoms with Crippen LogP contribution in [0.3, 0.4) is 0 Å². The Morgan fingerprint density at radius 1 is 1.23 bits per heavy atom. The summed E-state index contributed by atoms with van der Waals surface area (Å²) in [6.45, 7) is 3.64. The second-order valence-corrected chi connectivity index (χ2v) is 8.93. The van der Waals surface area contributed by atoms with Gasteiger partial charge in [0.2, 0.25) is 5.91 Å². The van der Waals surface area contributed by atoms with Crippen LogP contribution >= 0.6 is 33.9 Å². The molecule has 0 unspecified atom stereocenters. The number of thiophene rings is 1. The fraction of sp³-hybridized carbons (Fsp3) is 0.316. The number of aromatic nitrogens is 2. The highest BCUT2D eigenvalue weighted by Gasteiger charge is 2.21. The van der Waals surface area contributed by atoms with Crippen LogP contribution in [0.25, 0.3) is 21.3 Å². The largest absolute Gasteiger partial charge is 0.341 e. The van der Waals surface area contributed by atoms with E-state index < -0.39 is 0 Å². The summed E-state index contributed by atoms with van der Waals surface area (Å²) in [6, 6.07) is 8.13. The number of halogens is 1. The number of carbonyl (C=O) groups excluding carboxylic acids is 1. The lowest BCUT2D eigenvalue weighted by Gasteiger charge is -2.15. The Balaban J connectivity index is 1.79. The van der Waals surface area contributed by atoms with Crippen molar-refractivity contribution < 1.29 is 4.79 Å². The van der Waals surface area contributed by atoms with Crippen LogP contribution in [0.15, 0.2) is 35.4 Å². The molecule has 7 heteroatoms. The fourth-order valence-electron chi connectivity index (χ4n) is 3.43. The lowest BCUT2D eigenvalue weighted by molar-refractivity contribution is -0.130. The van der Waals surface area contributed by atoms with Crippen LogP contribution in [0.1, 0.15) is 17.7 Å². The second kappa shape index (κ2) is 7.11. The summed E-state index contributed by atoms with van der Waals surface area (Å²) in [5.74, 6) is -0.00600. The molecule has 0 spiro atoms. The Kier molecular flexibility index (Phi) is 4.83. The molecule has 3 aromatic rings. The molecule has 4 rings (SSSR count). The van der Waals surface area contributed by atoms with E-state index in [9.17, 15) is 9.59 Å². The highest BCUT2D eigenvalue weighted by Crippen LogP contribution is 2.35. The Labute approximate surface area is 168 Å². The Morgan fingerprint density at radius 2 is 1.92 bits per heavy atom. The minimum Gasteiger partial charge on any atom is -0.341 e. The van der Waals surface area contributed by atoms with Crippen LogP contribution in [0.2, 0.25) is 0 Å². The van der Waals surface area contributed by atoms with Crippen molar-refractivity contribution >= 4 is 50.1 Å². The molecule has 1 saturated heterocycles. The number of aryl methyl sites for hydroxylation is 1. The molecule has 0 atom stereocenters. The number of rotatable bonds is 3. The van der Waals surface area contributed by atoms with Crippen molar-refractivity contribution in [3.63, 3.8) is 0 Å². The van der Waals surface area contributed by atoms with Gasteiger partial charge in [-0.15, -0.1) is 11.3 Å². The molecule has 1 aliphatic heterocycles. The van der Waals surface area contributed by atoms with Crippen molar-refractivity contribution in [3.05, 3.63) is 49.4 Å². The second-order valence-electron chi connectivity index (χ2n) is 6.49. The van der Waals surface area contributed by atoms with E-state index in [2.05, 4.69) is 27.6 Å². The van der Waals surface area contributed by atoms with Gasteiger partial charge in [-0.05, 0) is 60.1 Å². The average molecular weight is 479 g/mol. The van der Waals surface area contributed by atoms with E-state index in [4.69, 9.17) is 0 Å². The number of carbonyl (C=O) groups is 1. The molecule has 0 radical (unpaired) electrons. The standard InChI is InChI=1S/C19H18IN3O2S/c1-12-16(13-4-6-14(20)7-5-13)17-18(26-12)21-11-23(19(17)25)10-15(24)22-8-2-3-9-22/h4-7,11H,2-3,8-10H2,1H3. The molecule has 1 amide bonds. The average Bonchev–Trinajstić information content (AvgIpc) is 3.26. The van der Waals surface area contributed by atoms with Gasteiger partial charge in [-0.25, -0.2) is 4.98 Å². The number of amides is 1. The number of hydrogen-bond acceptors (Lipinski definition) is 4. The van der Waals surface area contributed by atoms with Gasteiger partial charge >= 0.3 is 0 Å². The summed E-state index contributed by atoms with van der Waals surface area (Å²) in [6.07, 6.45) is 3.59. The monoisotopic (exact) mass is 479 g/mol. The quantitative estimate of drug-likeness (QED) is 0.539. The molecule has 0 bridgehead atoms. The van der Waals surface area contributed by atoms with E-state index in [0.717, 1.165) is 50.3 Å². The number of benzene rings is 1. The zero-order valence-corrected chi connectivity index (χ0v) is 17.3. The predicted octanol–water partition coefficient (Wildman–Crippen LogP) is 3.66. The Bertz CT molecular complexity index is 1030. The molecule has 1 aliphatic rings. The minimum atomic E-state index is -0.138. The highest BCUT2D eigenvalue weighted by atomic mass is 127. The summed E-state index contributed by atoms with van der Waals surface area (Å²) in [5, 5.41) is 0.616. The molecule has 0 saturated carbocycles. The van der Waals surface area contributed by atoms with Gasteiger partial charge in [0.25, 0.3) is 5.56 Å². The van der Waals surface area contributed by atoms with E-state index in [1.165, 1.54) is 22.2 Å². The third-order valence-electron chi connectivity index (χ3n) is 4.75. The summed E-state index contributed by atoms with van der Waals surface area (Å²) in [7, 11) is 0. The van der Waals surface area contributed by atoms with Crippen molar-refractivity contribution in [1.29, 1.82) is 0 Å². The molecule has 1 aromatic carbocycles. The van der Waals surface area contributed by atoms with Crippen LogP contribution < -0.4 is 5.56 Å². The van der Waals surface area contributed by atoms with E-state index in [1.807, 2.05) is 36.1 Å². The highest BCUT2D eigenvalue weighted by molar-refractivity contribution is 14.1. The first-order valence-electron chi connectivity index (χ1n) is 8.57. The molecule has 134 valence electrons. The van der Waals surface area contributed by atoms with Crippen molar-refractivity contribution in [1.82, 2.24) is 14.5 Å². The topological polar surface area (TPSA) is 55.2 Å². The Hall–Kier alpha value is -1.74. The van der Waals surface area contributed by atoms with Gasteiger partial charge < -0.3 is 4.90 Å². The van der Waals surface area contributed by atoms with Crippen molar-refractivity contribution in [2.24, 2.45) is 0 Å². The first-order valence-corrected chi connectivity index (χ1v) is 10.5. The van der Waals surface area contributed by atoms with Crippen molar-refractivity contribution in [2.75, 3.05) is 13.1 Å². The van der Waals surface area contributed by atoms with Crippen LogP contribution in [-0.4, -0.2) is 33.4 Å². The molecule has 2 aromatic heterocycles. The number of fused-ring (bicyclic) bond motifs is 1. The normalized spacial score (nSPS) is 14.3. The van der Waals surface area contributed by atoms with E-state index in [-0.39, 0.29) is 18.0 Å².